The molecule has 0 spiro atoms. The molecule has 1 unspecified atom stereocenters. The fourth-order valence-corrected chi connectivity index (χ4v) is 3.44. The lowest BCUT2D eigenvalue weighted by atomic mass is 9.56. The molecule has 0 aromatic heterocycles. The van der Waals surface area contributed by atoms with Gasteiger partial charge in [0.15, 0.2) is 0 Å². The third kappa shape index (κ3) is 2.41. The van der Waals surface area contributed by atoms with Gasteiger partial charge in [0, 0.05) is 0 Å². The van der Waals surface area contributed by atoms with Crippen molar-refractivity contribution in [2.24, 2.45) is 11.8 Å². The molecule has 0 radical (unpaired) electrons. The highest BCUT2D eigenvalue weighted by atomic mass is 14.5. The third-order valence-corrected chi connectivity index (χ3v) is 4.64. The largest absolute Gasteiger partial charge is 0.0628 e. The summed E-state index contributed by atoms with van der Waals surface area (Å²) in [6.45, 7) is 9.32. The fraction of sp³-hybridized carbons (Fsp3) is 0.647. The van der Waals surface area contributed by atoms with Crippen molar-refractivity contribution < 1.29 is 0 Å². The van der Waals surface area contributed by atoms with E-state index in [-0.39, 0.29) is 0 Å². The second-order valence-electron chi connectivity index (χ2n) is 6.41. The minimum atomic E-state index is 0.498. The van der Waals surface area contributed by atoms with E-state index in [1.165, 1.54) is 31.2 Å². The van der Waals surface area contributed by atoms with Crippen molar-refractivity contribution in [3.63, 3.8) is 0 Å². The highest BCUT2D eigenvalue weighted by molar-refractivity contribution is 5.31. The lowest BCUT2D eigenvalue weighted by Crippen LogP contribution is -2.41. The van der Waals surface area contributed by atoms with Gasteiger partial charge in [-0.1, -0.05) is 57.0 Å². The van der Waals surface area contributed by atoms with Crippen LogP contribution in [0.5, 0.6) is 0 Å². The van der Waals surface area contributed by atoms with Crippen molar-refractivity contribution in [3.8, 4) is 0 Å². The molecule has 1 atom stereocenters. The minimum absolute atomic E-state index is 0.498. The molecule has 0 bridgehead atoms. The van der Waals surface area contributed by atoms with Crippen LogP contribution in [0.3, 0.4) is 0 Å². The van der Waals surface area contributed by atoms with Gasteiger partial charge < -0.3 is 0 Å². The molecular formula is C17H26. The van der Waals surface area contributed by atoms with Crippen LogP contribution in [0.1, 0.15) is 57.6 Å². The van der Waals surface area contributed by atoms with Gasteiger partial charge in [0.05, 0.1) is 0 Å². The zero-order chi connectivity index (χ0) is 12.5. The van der Waals surface area contributed by atoms with Crippen LogP contribution in [-0.2, 0) is 5.41 Å². The van der Waals surface area contributed by atoms with E-state index in [1.54, 1.807) is 5.56 Å². The molecule has 0 heteroatoms. The zero-order valence-electron chi connectivity index (χ0n) is 11.8. The average Bonchev–Trinajstić information content (AvgIpc) is 2.18. The summed E-state index contributed by atoms with van der Waals surface area (Å²) in [5, 5.41) is 0. The molecule has 0 heterocycles. The molecule has 0 N–H and O–H groups in total. The average molecular weight is 230 g/mol. The number of benzene rings is 1. The van der Waals surface area contributed by atoms with E-state index < -0.39 is 0 Å². The maximum Gasteiger partial charge on any atom is -0.00213 e. The molecule has 1 aliphatic rings. The summed E-state index contributed by atoms with van der Waals surface area (Å²) in [7, 11) is 0. The van der Waals surface area contributed by atoms with Gasteiger partial charge >= 0.3 is 0 Å². The van der Waals surface area contributed by atoms with E-state index in [9.17, 15) is 0 Å². The van der Waals surface area contributed by atoms with Gasteiger partial charge in [-0.15, -0.1) is 0 Å². The normalized spacial score (nSPS) is 20.1. The van der Waals surface area contributed by atoms with Crippen LogP contribution in [-0.4, -0.2) is 0 Å². The van der Waals surface area contributed by atoms with Gasteiger partial charge in [-0.25, -0.2) is 0 Å². The van der Waals surface area contributed by atoms with Gasteiger partial charge in [-0.2, -0.15) is 0 Å². The Kier molecular flexibility index (Phi) is 3.61. The molecule has 0 nitrogen and oxygen atoms in total. The Balaban J connectivity index is 2.22. The van der Waals surface area contributed by atoms with Crippen LogP contribution in [0.2, 0.25) is 0 Å². The minimum Gasteiger partial charge on any atom is -0.0628 e. The van der Waals surface area contributed by atoms with Crippen LogP contribution in [0, 0.1) is 18.8 Å². The summed E-state index contributed by atoms with van der Waals surface area (Å²) in [6.07, 6.45) is 5.55. The van der Waals surface area contributed by atoms with E-state index in [0.717, 1.165) is 11.8 Å². The third-order valence-electron chi connectivity index (χ3n) is 4.64. The standard InChI is InChI=1S/C17H26/c1-13(2)12-15(4)17(10-5-11-17)16-8-6-14(3)7-9-16/h6-9,13,15H,5,10-12H2,1-4H3. The zero-order valence-corrected chi connectivity index (χ0v) is 11.8. The highest BCUT2D eigenvalue weighted by Crippen LogP contribution is 2.51. The molecule has 1 aliphatic carbocycles. The first kappa shape index (κ1) is 12.7. The first-order chi connectivity index (χ1) is 8.04. The van der Waals surface area contributed by atoms with Crippen LogP contribution < -0.4 is 0 Å². The van der Waals surface area contributed by atoms with Gasteiger partial charge in [0.1, 0.15) is 0 Å². The van der Waals surface area contributed by atoms with Crippen LogP contribution in [0.25, 0.3) is 0 Å². The predicted octanol–water partition coefficient (Wildman–Crippen LogP) is 5.10. The molecule has 1 saturated carbocycles. The summed E-state index contributed by atoms with van der Waals surface area (Å²) >= 11 is 0. The quantitative estimate of drug-likeness (QED) is 0.675. The second-order valence-corrected chi connectivity index (χ2v) is 6.41. The maximum absolute atomic E-state index is 2.46. The molecule has 0 saturated heterocycles. The van der Waals surface area contributed by atoms with Gasteiger partial charge in [0.2, 0.25) is 0 Å². The smallest absolute Gasteiger partial charge is 0.00213 e. The Hall–Kier alpha value is -0.780. The number of hydrogen-bond acceptors (Lipinski definition) is 0. The highest BCUT2D eigenvalue weighted by Gasteiger charge is 2.42. The molecule has 1 aromatic carbocycles. The molecule has 1 fully saturated rings. The summed E-state index contributed by atoms with van der Waals surface area (Å²) in [4.78, 5) is 0. The lowest BCUT2D eigenvalue weighted by molar-refractivity contribution is 0.138. The Bertz CT molecular complexity index is 354. The Morgan fingerprint density at radius 2 is 1.65 bits per heavy atom. The summed E-state index contributed by atoms with van der Waals surface area (Å²) < 4.78 is 0. The molecule has 17 heavy (non-hydrogen) atoms. The van der Waals surface area contributed by atoms with E-state index in [0.29, 0.717) is 5.41 Å². The SMILES string of the molecule is Cc1ccc(C2(C(C)CC(C)C)CCC2)cc1. The number of rotatable bonds is 4. The monoisotopic (exact) mass is 230 g/mol. The maximum atomic E-state index is 2.46. The second kappa shape index (κ2) is 4.84. The van der Waals surface area contributed by atoms with Crippen molar-refractivity contribution in [3.05, 3.63) is 35.4 Å². The predicted molar refractivity (Wildman–Crippen MR) is 75.3 cm³/mol. The topological polar surface area (TPSA) is 0 Å². The first-order valence-corrected chi connectivity index (χ1v) is 7.12. The van der Waals surface area contributed by atoms with Gasteiger partial charge in [-0.3, -0.25) is 0 Å². The Labute approximate surface area is 106 Å². The van der Waals surface area contributed by atoms with Crippen molar-refractivity contribution in [2.45, 2.75) is 58.8 Å². The van der Waals surface area contributed by atoms with Crippen LogP contribution in [0.15, 0.2) is 24.3 Å². The Morgan fingerprint density at radius 3 is 2.06 bits per heavy atom. The van der Waals surface area contributed by atoms with Crippen molar-refractivity contribution in [1.29, 1.82) is 0 Å². The summed E-state index contributed by atoms with van der Waals surface area (Å²) in [6, 6.07) is 9.28. The van der Waals surface area contributed by atoms with E-state index >= 15 is 0 Å². The van der Waals surface area contributed by atoms with E-state index in [4.69, 9.17) is 0 Å². The summed E-state index contributed by atoms with van der Waals surface area (Å²) in [5.41, 5.74) is 3.46. The molecule has 2 rings (SSSR count). The molecule has 94 valence electrons. The number of hydrogen-bond donors (Lipinski definition) is 0. The lowest BCUT2D eigenvalue weighted by Gasteiger charge is -2.48. The number of aryl methyl sites for hydroxylation is 1. The molecule has 0 aliphatic heterocycles. The van der Waals surface area contributed by atoms with Crippen molar-refractivity contribution in [2.75, 3.05) is 0 Å². The van der Waals surface area contributed by atoms with Crippen LogP contribution in [0.4, 0.5) is 0 Å². The van der Waals surface area contributed by atoms with Gasteiger partial charge in [0.25, 0.3) is 0 Å². The molecule has 0 amide bonds. The van der Waals surface area contributed by atoms with E-state index in [1.807, 2.05) is 0 Å². The van der Waals surface area contributed by atoms with Crippen LogP contribution >= 0.6 is 0 Å². The first-order valence-electron chi connectivity index (χ1n) is 7.12. The van der Waals surface area contributed by atoms with Crippen molar-refractivity contribution in [1.82, 2.24) is 0 Å². The summed E-state index contributed by atoms with van der Waals surface area (Å²) in [5.74, 6) is 1.63. The molecule has 1 aromatic rings. The molecular weight excluding hydrogens is 204 g/mol. The van der Waals surface area contributed by atoms with E-state index in [2.05, 4.69) is 52.0 Å². The van der Waals surface area contributed by atoms with Gasteiger partial charge in [-0.05, 0) is 49.0 Å². The fourth-order valence-electron chi connectivity index (χ4n) is 3.44. The Morgan fingerprint density at radius 1 is 1.06 bits per heavy atom. The van der Waals surface area contributed by atoms with Crippen molar-refractivity contribution >= 4 is 0 Å².